The van der Waals surface area contributed by atoms with Crippen LogP contribution in [-0.2, 0) is 5.41 Å². The molecule has 110 valence electrons. The number of nitrogens with two attached hydrogens (primary N) is 1. The van der Waals surface area contributed by atoms with Crippen LogP contribution in [0.4, 0.5) is 11.4 Å². The minimum atomic E-state index is 0.226. The predicted molar refractivity (Wildman–Crippen MR) is 86.8 cm³/mol. The summed E-state index contributed by atoms with van der Waals surface area (Å²) in [4.78, 5) is 4.74. The van der Waals surface area contributed by atoms with Gasteiger partial charge in [-0.15, -0.1) is 0 Å². The summed E-state index contributed by atoms with van der Waals surface area (Å²) in [6.07, 6.45) is 6.52. The van der Waals surface area contributed by atoms with Gasteiger partial charge in [0, 0.05) is 39.1 Å². The third-order valence-electron chi connectivity index (χ3n) is 5.38. The van der Waals surface area contributed by atoms with Gasteiger partial charge < -0.3 is 15.5 Å². The standard InChI is InChI=1S/C17H27N3/c1-19-10-11-20(2)16-12-14(6-7-15(16)19)17(13-18)8-4-3-5-9-17/h6-7,12H,3-5,8-11,13,18H2,1-2H3. The van der Waals surface area contributed by atoms with Crippen molar-refractivity contribution in [1.82, 2.24) is 0 Å². The molecule has 1 aromatic carbocycles. The minimum Gasteiger partial charge on any atom is -0.371 e. The lowest BCUT2D eigenvalue weighted by Crippen LogP contribution is -2.39. The SMILES string of the molecule is CN1CCN(C)c2cc(C3(CN)CCCCC3)ccc21. The van der Waals surface area contributed by atoms with Gasteiger partial charge in [0.2, 0.25) is 0 Å². The lowest BCUT2D eigenvalue weighted by atomic mass is 9.69. The summed E-state index contributed by atoms with van der Waals surface area (Å²) in [6, 6.07) is 7.03. The fourth-order valence-electron chi connectivity index (χ4n) is 3.86. The first kappa shape index (κ1) is 13.7. The molecule has 0 radical (unpaired) electrons. The Bertz CT molecular complexity index is 477. The summed E-state index contributed by atoms with van der Waals surface area (Å²) in [5.74, 6) is 0. The fourth-order valence-corrected chi connectivity index (χ4v) is 3.86. The molecule has 0 bridgehead atoms. The highest BCUT2D eigenvalue weighted by Crippen LogP contribution is 2.42. The number of benzene rings is 1. The maximum Gasteiger partial charge on any atom is 0.0605 e. The van der Waals surface area contributed by atoms with E-state index in [2.05, 4.69) is 42.1 Å². The van der Waals surface area contributed by atoms with Crippen molar-refractivity contribution < 1.29 is 0 Å². The molecule has 3 rings (SSSR count). The van der Waals surface area contributed by atoms with E-state index in [0.29, 0.717) is 0 Å². The van der Waals surface area contributed by atoms with E-state index in [9.17, 15) is 0 Å². The second-order valence-electron chi connectivity index (χ2n) is 6.59. The third kappa shape index (κ3) is 2.18. The van der Waals surface area contributed by atoms with Crippen LogP contribution >= 0.6 is 0 Å². The molecule has 0 spiro atoms. The molecule has 0 unspecified atom stereocenters. The number of nitrogens with zero attached hydrogens (tertiary/aromatic N) is 2. The molecule has 2 aliphatic rings. The zero-order chi connectivity index (χ0) is 14.2. The third-order valence-corrected chi connectivity index (χ3v) is 5.38. The predicted octanol–water partition coefficient (Wildman–Crippen LogP) is 2.73. The van der Waals surface area contributed by atoms with E-state index in [1.165, 1.54) is 49.0 Å². The summed E-state index contributed by atoms with van der Waals surface area (Å²) < 4.78 is 0. The first-order valence-electron chi connectivity index (χ1n) is 7.93. The van der Waals surface area contributed by atoms with Crippen molar-refractivity contribution >= 4 is 11.4 Å². The summed E-state index contributed by atoms with van der Waals surface area (Å²) in [6.45, 7) is 2.98. The molecule has 0 aromatic heterocycles. The second kappa shape index (κ2) is 5.28. The molecule has 1 saturated carbocycles. The van der Waals surface area contributed by atoms with Gasteiger partial charge in [0.1, 0.15) is 0 Å². The van der Waals surface area contributed by atoms with Crippen molar-refractivity contribution in [2.75, 3.05) is 43.5 Å². The molecule has 0 saturated heterocycles. The lowest BCUT2D eigenvalue weighted by molar-refractivity contribution is 0.301. The van der Waals surface area contributed by atoms with Crippen LogP contribution in [0.2, 0.25) is 0 Å². The highest BCUT2D eigenvalue weighted by Gasteiger charge is 2.33. The smallest absolute Gasteiger partial charge is 0.0605 e. The number of fused-ring (bicyclic) bond motifs is 1. The van der Waals surface area contributed by atoms with Gasteiger partial charge >= 0.3 is 0 Å². The molecule has 1 aliphatic heterocycles. The first-order valence-corrected chi connectivity index (χ1v) is 7.93. The van der Waals surface area contributed by atoms with Crippen LogP contribution < -0.4 is 15.5 Å². The Labute approximate surface area is 122 Å². The van der Waals surface area contributed by atoms with Gasteiger partial charge in [0.15, 0.2) is 0 Å². The highest BCUT2D eigenvalue weighted by atomic mass is 15.2. The van der Waals surface area contributed by atoms with E-state index in [0.717, 1.165) is 19.6 Å². The average Bonchev–Trinajstić information content (AvgIpc) is 2.51. The quantitative estimate of drug-likeness (QED) is 0.899. The van der Waals surface area contributed by atoms with Gasteiger partial charge in [-0.25, -0.2) is 0 Å². The van der Waals surface area contributed by atoms with E-state index in [1.54, 1.807) is 0 Å². The molecule has 0 atom stereocenters. The van der Waals surface area contributed by atoms with Crippen molar-refractivity contribution in [3.63, 3.8) is 0 Å². The Balaban J connectivity index is 2.00. The van der Waals surface area contributed by atoms with Crippen LogP contribution in [0.25, 0.3) is 0 Å². The maximum absolute atomic E-state index is 6.18. The number of likely N-dealkylation sites (N-methyl/N-ethyl adjacent to an activating group) is 2. The zero-order valence-electron chi connectivity index (χ0n) is 12.9. The van der Waals surface area contributed by atoms with E-state index < -0.39 is 0 Å². The second-order valence-corrected chi connectivity index (χ2v) is 6.59. The molecule has 0 amide bonds. The number of rotatable bonds is 2. The average molecular weight is 273 g/mol. The van der Waals surface area contributed by atoms with Crippen molar-refractivity contribution in [3.05, 3.63) is 23.8 Å². The first-order chi connectivity index (χ1) is 9.66. The van der Waals surface area contributed by atoms with Gasteiger partial charge in [-0.3, -0.25) is 0 Å². The van der Waals surface area contributed by atoms with Crippen LogP contribution in [0.15, 0.2) is 18.2 Å². The largest absolute Gasteiger partial charge is 0.371 e. The number of hydrogen-bond acceptors (Lipinski definition) is 3. The topological polar surface area (TPSA) is 32.5 Å². The van der Waals surface area contributed by atoms with Gasteiger partial charge in [0.25, 0.3) is 0 Å². The molecule has 1 aromatic rings. The van der Waals surface area contributed by atoms with Gasteiger partial charge in [-0.05, 0) is 30.5 Å². The van der Waals surface area contributed by atoms with Crippen molar-refractivity contribution in [3.8, 4) is 0 Å². The summed E-state index contributed by atoms with van der Waals surface area (Å²) in [5.41, 5.74) is 10.6. The van der Waals surface area contributed by atoms with Crippen molar-refractivity contribution in [1.29, 1.82) is 0 Å². The van der Waals surface area contributed by atoms with E-state index >= 15 is 0 Å². The monoisotopic (exact) mass is 273 g/mol. The highest BCUT2D eigenvalue weighted by molar-refractivity contribution is 5.74. The van der Waals surface area contributed by atoms with Gasteiger partial charge in [-0.1, -0.05) is 25.3 Å². The Morgan fingerprint density at radius 3 is 2.30 bits per heavy atom. The Kier molecular flexibility index (Phi) is 3.63. The van der Waals surface area contributed by atoms with Gasteiger partial charge in [0.05, 0.1) is 11.4 Å². The normalized spacial score (nSPS) is 21.8. The summed E-state index contributed by atoms with van der Waals surface area (Å²) in [5, 5.41) is 0. The van der Waals surface area contributed by atoms with E-state index in [4.69, 9.17) is 5.73 Å². The van der Waals surface area contributed by atoms with Crippen molar-refractivity contribution in [2.24, 2.45) is 5.73 Å². The Morgan fingerprint density at radius 1 is 1.00 bits per heavy atom. The van der Waals surface area contributed by atoms with Gasteiger partial charge in [-0.2, -0.15) is 0 Å². The molecular weight excluding hydrogens is 246 g/mol. The van der Waals surface area contributed by atoms with E-state index in [-0.39, 0.29) is 5.41 Å². The molecule has 1 aliphatic carbocycles. The number of anilines is 2. The van der Waals surface area contributed by atoms with Crippen LogP contribution in [0.1, 0.15) is 37.7 Å². The van der Waals surface area contributed by atoms with Crippen LogP contribution in [0.3, 0.4) is 0 Å². The lowest BCUT2D eigenvalue weighted by Gasteiger charge is -2.40. The maximum atomic E-state index is 6.18. The molecule has 3 heteroatoms. The molecule has 1 fully saturated rings. The molecule has 1 heterocycles. The fraction of sp³-hybridized carbons (Fsp3) is 0.647. The zero-order valence-corrected chi connectivity index (χ0v) is 12.9. The van der Waals surface area contributed by atoms with Crippen molar-refractivity contribution in [2.45, 2.75) is 37.5 Å². The number of hydrogen-bond donors (Lipinski definition) is 1. The van der Waals surface area contributed by atoms with E-state index in [1.807, 2.05) is 0 Å². The Hall–Kier alpha value is -1.22. The molecule has 3 nitrogen and oxygen atoms in total. The van der Waals surface area contributed by atoms with Crippen LogP contribution in [0, 0.1) is 0 Å². The minimum absolute atomic E-state index is 0.226. The van der Waals surface area contributed by atoms with Crippen LogP contribution in [-0.4, -0.2) is 33.7 Å². The molecule has 20 heavy (non-hydrogen) atoms. The summed E-state index contributed by atoms with van der Waals surface area (Å²) in [7, 11) is 4.39. The summed E-state index contributed by atoms with van der Waals surface area (Å²) >= 11 is 0. The molecule has 2 N–H and O–H groups in total. The molecular formula is C17H27N3. The van der Waals surface area contributed by atoms with Crippen LogP contribution in [0.5, 0.6) is 0 Å². The Morgan fingerprint density at radius 2 is 1.65 bits per heavy atom.